The highest BCUT2D eigenvalue weighted by Crippen LogP contribution is 2.22. The molecule has 0 N–H and O–H groups in total. The van der Waals surface area contributed by atoms with Gasteiger partial charge in [-0.25, -0.2) is 9.97 Å². The number of hydrogen-bond donors (Lipinski definition) is 0. The quantitative estimate of drug-likeness (QED) is 0.259. The lowest BCUT2D eigenvalue weighted by Crippen LogP contribution is -2.11. The summed E-state index contributed by atoms with van der Waals surface area (Å²) < 4.78 is 10.7. The first kappa shape index (κ1) is 18.9. The summed E-state index contributed by atoms with van der Waals surface area (Å²) in [4.78, 5) is 21.0. The van der Waals surface area contributed by atoms with Gasteiger partial charge in [-0.1, -0.05) is 42.1 Å². The van der Waals surface area contributed by atoms with E-state index in [1.54, 1.807) is 24.3 Å². The van der Waals surface area contributed by atoms with Gasteiger partial charge in [-0.15, -0.1) is 0 Å². The lowest BCUT2D eigenvalue weighted by molar-refractivity contribution is -0.131. The Labute approximate surface area is 162 Å². The second-order valence-electron chi connectivity index (χ2n) is 5.71. The maximum atomic E-state index is 12.1. The first-order valence-electron chi connectivity index (χ1n) is 8.61. The molecule has 0 bridgehead atoms. The van der Waals surface area contributed by atoms with Crippen molar-refractivity contribution in [3.8, 4) is 22.8 Å². The number of nitrogens with zero attached hydrogens (tertiary/aromatic N) is 2. The predicted molar refractivity (Wildman–Crippen MR) is 106 cm³/mol. The van der Waals surface area contributed by atoms with Gasteiger partial charge in [-0.2, -0.15) is 0 Å². The van der Waals surface area contributed by atoms with Gasteiger partial charge in [-0.3, -0.25) is 4.79 Å². The molecular weight excluding hydrogens is 360 g/mol. The fraction of sp³-hybridized carbons (Fsp3) is 0.190. The zero-order valence-corrected chi connectivity index (χ0v) is 16.0. The predicted octanol–water partition coefficient (Wildman–Crippen LogP) is 4.55. The van der Waals surface area contributed by atoms with Crippen LogP contribution in [-0.2, 0) is 4.79 Å². The van der Waals surface area contributed by atoms with Crippen molar-refractivity contribution in [3.63, 3.8) is 0 Å². The van der Waals surface area contributed by atoms with E-state index in [2.05, 4.69) is 9.97 Å². The van der Waals surface area contributed by atoms with E-state index >= 15 is 0 Å². The Morgan fingerprint density at radius 2 is 1.70 bits per heavy atom. The SMILES string of the molecule is CCOc1ccc(OC(=O)CSc2nc(C)cc(-c3ccccc3)n2)cc1. The van der Waals surface area contributed by atoms with Crippen molar-refractivity contribution in [1.29, 1.82) is 0 Å². The molecule has 0 aliphatic heterocycles. The summed E-state index contributed by atoms with van der Waals surface area (Å²) in [5, 5.41) is 0.553. The van der Waals surface area contributed by atoms with Gasteiger partial charge in [0.25, 0.3) is 0 Å². The Balaban J connectivity index is 1.61. The van der Waals surface area contributed by atoms with Crippen LogP contribution in [0.1, 0.15) is 12.6 Å². The zero-order valence-electron chi connectivity index (χ0n) is 15.2. The summed E-state index contributed by atoms with van der Waals surface area (Å²) >= 11 is 1.26. The molecule has 27 heavy (non-hydrogen) atoms. The third kappa shape index (κ3) is 5.56. The van der Waals surface area contributed by atoms with E-state index in [-0.39, 0.29) is 11.7 Å². The minimum absolute atomic E-state index is 0.130. The first-order chi connectivity index (χ1) is 13.1. The molecule has 1 aromatic heterocycles. The number of rotatable bonds is 7. The van der Waals surface area contributed by atoms with Crippen LogP contribution in [0.2, 0.25) is 0 Å². The Hall–Kier alpha value is -2.86. The van der Waals surface area contributed by atoms with E-state index < -0.39 is 0 Å². The van der Waals surface area contributed by atoms with Crippen LogP contribution < -0.4 is 9.47 Å². The van der Waals surface area contributed by atoms with Crippen LogP contribution >= 0.6 is 11.8 Å². The fourth-order valence-corrected chi connectivity index (χ4v) is 3.09. The second-order valence-corrected chi connectivity index (χ2v) is 6.65. The molecule has 0 aliphatic carbocycles. The Kier molecular flexibility index (Phi) is 6.44. The molecule has 138 valence electrons. The second kappa shape index (κ2) is 9.19. The molecule has 0 spiro atoms. The molecule has 2 aromatic carbocycles. The average Bonchev–Trinajstić information content (AvgIpc) is 2.68. The molecule has 0 aliphatic rings. The van der Waals surface area contributed by atoms with Crippen LogP contribution in [-0.4, -0.2) is 28.3 Å². The van der Waals surface area contributed by atoms with Crippen LogP contribution in [0.25, 0.3) is 11.3 Å². The number of ether oxygens (including phenoxy) is 2. The van der Waals surface area contributed by atoms with Gasteiger partial charge in [0.1, 0.15) is 11.5 Å². The summed E-state index contributed by atoms with van der Waals surface area (Å²) in [6.07, 6.45) is 0. The highest BCUT2D eigenvalue weighted by atomic mass is 32.2. The summed E-state index contributed by atoms with van der Waals surface area (Å²) in [6, 6.07) is 18.8. The standard InChI is InChI=1S/C21H20N2O3S/c1-3-25-17-9-11-18(12-10-17)26-20(24)14-27-21-22-15(2)13-19(23-21)16-7-5-4-6-8-16/h4-13H,3,14H2,1-2H3. The van der Waals surface area contributed by atoms with Crippen LogP contribution in [0, 0.1) is 6.92 Å². The topological polar surface area (TPSA) is 61.3 Å². The van der Waals surface area contributed by atoms with Crippen molar-refractivity contribution in [2.75, 3.05) is 12.4 Å². The van der Waals surface area contributed by atoms with Crippen molar-refractivity contribution in [2.24, 2.45) is 0 Å². The highest BCUT2D eigenvalue weighted by Gasteiger charge is 2.10. The van der Waals surface area contributed by atoms with E-state index in [9.17, 15) is 4.79 Å². The van der Waals surface area contributed by atoms with Gasteiger partial charge in [-0.05, 0) is 44.2 Å². The maximum absolute atomic E-state index is 12.1. The number of esters is 1. The van der Waals surface area contributed by atoms with E-state index in [0.717, 1.165) is 22.7 Å². The first-order valence-corrected chi connectivity index (χ1v) is 9.60. The van der Waals surface area contributed by atoms with Crippen molar-refractivity contribution in [1.82, 2.24) is 9.97 Å². The number of carbonyl (C=O) groups excluding carboxylic acids is 1. The normalized spacial score (nSPS) is 10.4. The molecule has 0 amide bonds. The van der Waals surface area contributed by atoms with Gasteiger partial charge in [0.15, 0.2) is 5.16 Å². The van der Waals surface area contributed by atoms with Gasteiger partial charge in [0.2, 0.25) is 0 Å². The van der Waals surface area contributed by atoms with Crippen LogP contribution in [0.15, 0.2) is 65.8 Å². The van der Waals surface area contributed by atoms with E-state index in [0.29, 0.717) is 17.5 Å². The average molecular weight is 380 g/mol. The monoisotopic (exact) mass is 380 g/mol. The molecule has 6 heteroatoms. The van der Waals surface area contributed by atoms with Crippen LogP contribution in [0.5, 0.6) is 11.5 Å². The summed E-state index contributed by atoms with van der Waals surface area (Å²) in [5.41, 5.74) is 2.71. The van der Waals surface area contributed by atoms with E-state index in [1.807, 2.05) is 50.2 Å². The summed E-state index contributed by atoms with van der Waals surface area (Å²) in [7, 11) is 0. The van der Waals surface area contributed by atoms with Gasteiger partial charge in [0.05, 0.1) is 18.1 Å². The Morgan fingerprint density at radius 3 is 2.41 bits per heavy atom. The summed E-state index contributed by atoms with van der Waals surface area (Å²) in [5.74, 6) is 1.01. The highest BCUT2D eigenvalue weighted by molar-refractivity contribution is 7.99. The van der Waals surface area contributed by atoms with E-state index in [4.69, 9.17) is 9.47 Å². The smallest absolute Gasteiger partial charge is 0.321 e. The van der Waals surface area contributed by atoms with Crippen LogP contribution in [0.3, 0.4) is 0 Å². The number of aryl methyl sites for hydroxylation is 1. The number of aromatic nitrogens is 2. The largest absolute Gasteiger partial charge is 0.494 e. The molecule has 0 unspecified atom stereocenters. The Bertz CT molecular complexity index is 899. The molecule has 3 aromatic rings. The molecule has 0 saturated heterocycles. The van der Waals surface area contributed by atoms with Gasteiger partial charge < -0.3 is 9.47 Å². The molecule has 0 saturated carbocycles. The number of benzene rings is 2. The molecule has 0 radical (unpaired) electrons. The third-order valence-corrected chi connectivity index (χ3v) is 4.41. The van der Waals surface area contributed by atoms with Gasteiger partial charge >= 0.3 is 5.97 Å². The van der Waals surface area contributed by atoms with E-state index in [1.165, 1.54) is 11.8 Å². The lowest BCUT2D eigenvalue weighted by atomic mass is 10.1. The minimum atomic E-state index is -0.351. The molecule has 1 heterocycles. The molecule has 0 fully saturated rings. The molecular formula is C21H20N2O3S. The van der Waals surface area contributed by atoms with Gasteiger partial charge in [0, 0.05) is 11.3 Å². The lowest BCUT2D eigenvalue weighted by Gasteiger charge is -2.07. The van der Waals surface area contributed by atoms with Crippen molar-refractivity contribution < 1.29 is 14.3 Å². The van der Waals surface area contributed by atoms with Crippen LogP contribution in [0.4, 0.5) is 0 Å². The van der Waals surface area contributed by atoms with Crippen molar-refractivity contribution >= 4 is 17.7 Å². The number of hydrogen-bond acceptors (Lipinski definition) is 6. The number of carbonyl (C=O) groups is 1. The minimum Gasteiger partial charge on any atom is -0.494 e. The molecule has 3 rings (SSSR count). The molecule has 5 nitrogen and oxygen atoms in total. The maximum Gasteiger partial charge on any atom is 0.321 e. The fourth-order valence-electron chi connectivity index (χ4n) is 2.42. The summed E-state index contributed by atoms with van der Waals surface area (Å²) in [6.45, 7) is 4.43. The third-order valence-electron chi connectivity index (χ3n) is 3.59. The van der Waals surface area contributed by atoms with Crippen molar-refractivity contribution in [2.45, 2.75) is 19.0 Å². The Morgan fingerprint density at radius 1 is 1.00 bits per heavy atom. The number of thioether (sulfide) groups is 1. The zero-order chi connectivity index (χ0) is 19.1. The molecule has 0 atom stereocenters. The van der Waals surface area contributed by atoms with Crippen molar-refractivity contribution in [3.05, 3.63) is 66.4 Å².